The van der Waals surface area contributed by atoms with Crippen LogP contribution in [0.25, 0.3) is 0 Å². The van der Waals surface area contributed by atoms with Gasteiger partial charge >= 0.3 is 0 Å². The number of amides is 2. The lowest BCUT2D eigenvalue weighted by Gasteiger charge is -2.30. The van der Waals surface area contributed by atoms with Crippen molar-refractivity contribution in [1.29, 1.82) is 0 Å². The van der Waals surface area contributed by atoms with E-state index in [0.717, 1.165) is 51.9 Å². The first-order valence-electron chi connectivity index (χ1n) is 8.84. The van der Waals surface area contributed by atoms with Crippen LogP contribution in [0.2, 0.25) is 0 Å². The summed E-state index contributed by atoms with van der Waals surface area (Å²) in [6.07, 6.45) is 5.56. The minimum Gasteiger partial charge on any atom is -0.339 e. The Bertz CT molecular complexity index is 553. The van der Waals surface area contributed by atoms with E-state index in [9.17, 15) is 9.59 Å². The van der Waals surface area contributed by atoms with E-state index in [-0.39, 0.29) is 11.8 Å². The number of carbonyl (C=O) groups is 2. The predicted octanol–water partition coefficient (Wildman–Crippen LogP) is 3.18. The Labute approximate surface area is 138 Å². The molecule has 0 radical (unpaired) electrons. The van der Waals surface area contributed by atoms with E-state index in [2.05, 4.69) is 6.92 Å². The topological polar surface area (TPSA) is 40.6 Å². The van der Waals surface area contributed by atoms with Crippen molar-refractivity contribution in [3.8, 4) is 0 Å². The monoisotopic (exact) mass is 314 g/mol. The van der Waals surface area contributed by atoms with E-state index in [1.807, 2.05) is 9.80 Å². The summed E-state index contributed by atoms with van der Waals surface area (Å²) in [5, 5.41) is 0. The van der Waals surface area contributed by atoms with Crippen molar-refractivity contribution in [2.75, 3.05) is 26.2 Å². The lowest BCUT2D eigenvalue weighted by Crippen LogP contribution is -2.38. The smallest absolute Gasteiger partial charge is 0.253 e. The summed E-state index contributed by atoms with van der Waals surface area (Å²) in [6.45, 7) is 5.63. The molecule has 3 rings (SSSR count). The fraction of sp³-hybridized carbons (Fsp3) is 0.579. The van der Waals surface area contributed by atoms with Gasteiger partial charge in [-0.1, -0.05) is 6.92 Å². The molecule has 2 heterocycles. The van der Waals surface area contributed by atoms with Gasteiger partial charge in [0.25, 0.3) is 11.8 Å². The molecule has 4 heteroatoms. The highest BCUT2D eigenvalue weighted by molar-refractivity contribution is 5.97. The van der Waals surface area contributed by atoms with E-state index >= 15 is 0 Å². The second-order valence-corrected chi connectivity index (χ2v) is 6.90. The molecule has 0 aliphatic carbocycles. The van der Waals surface area contributed by atoms with Crippen LogP contribution in [0.5, 0.6) is 0 Å². The van der Waals surface area contributed by atoms with Crippen molar-refractivity contribution in [3.05, 3.63) is 35.4 Å². The molecular weight excluding hydrogens is 288 g/mol. The molecule has 0 aromatic heterocycles. The Kier molecular flexibility index (Phi) is 4.99. The van der Waals surface area contributed by atoms with Crippen molar-refractivity contribution in [2.24, 2.45) is 5.92 Å². The molecule has 2 amide bonds. The Morgan fingerprint density at radius 3 is 1.70 bits per heavy atom. The van der Waals surface area contributed by atoms with E-state index in [4.69, 9.17) is 0 Å². The molecule has 2 aliphatic heterocycles. The Hall–Kier alpha value is -1.84. The van der Waals surface area contributed by atoms with Gasteiger partial charge in [-0.2, -0.15) is 0 Å². The standard InChI is InChI=1S/C19H26N2O2/c1-15-9-13-21(14-10-15)19(23)17-7-5-16(6-8-17)18(22)20-11-3-2-4-12-20/h5-8,15H,2-4,9-14H2,1H3. The molecule has 1 aromatic rings. The van der Waals surface area contributed by atoms with Crippen LogP contribution < -0.4 is 0 Å². The van der Waals surface area contributed by atoms with Crippen LogP contribution >= 0.6 is 0 Å². The van der Waals surface area contributed by atoms with Gasteiger partial charge in [0, 0.05) is 37.3 Å². The van der Waals surface area contributed by atoms with Gasteiger partial charge in [-0.25, -0.2) is 0 Å². The van der Waals surface area contributed by atoms with Crippen molar-refractivity contribution >= 4 is 11.8 Å². The van der Waals surface area contributed by atoms with E-state index in [1.54, 1.807) is 24.3 Å². The Morgan fingerprint density at radius 2 is 1.22 bits per heavy atom. The first-order chi connectivity index (χ1) is 11.1. The van der Waals surface area contributed by atoms with Gasteiger partial charge in [0.15, 0.2) is 0 Å². The zero-order valence-electron chi connectivity index (χ0n) is 14.0. The van der Waals surface area contributed by atoms with Crippen molar-refractivity contribution in [3.63, 3.8) is 0 Å². The van der Waals surface area contributed by atoms with Crippen LogP contribution in [0, 0.1) is 5.92 Å². The maximum Gasteiger partial charge on any atom is 0.253 e. The second kappa shape index (κ2) is 7.16. The average Bonchev–Trinajstić information content (AvgIpc) is 2.62. The normalized spacial score (nSPS) is 19.7. The highest BCUT2D eigenvalue weighted by atomic mass is 16.2. The molecule has 23 heavy (non-hydrogen) atoms. The maximum atomic E-state index is 12.5. The van der Waals surface area contributed by atoms with Crippen LogP contribution in [0.1, 0.15) is 59.7 Å². The highest BCUT2D eigenvalue weighted by Gasteiger charge is 2.22. The molecule has 0 spiro atoms. The van der Waals surface area contributed by atoms with Gasteiger partial charge in [-0.3, -0.25) is 9.59 Å². The number of carbonyl (C=O) groups excluding carboxylic acids is 2. The summed E-state index contributed by atoms with van der Waals surface area (Å²) < 4.78 is 0. The number of nitrogens with zero attached hydrogens (tertiary/aromatic N) is 2. The molecule has 2 saturated heterocycles. The molecule has 0 atom stereocenters. The highest BCUT2D eigenvalue weighted by Crippen LogP contribution is 2.19. The second-order valence-electron chi connectivity index (χ2n) is 6.90. The minimum atomic E-state index is 0.0915. The molecule has 1 aromatic carbocycles. The van der Waals surface area contributed by atoms with Crippen molar-refractivity contribution in [2.45, 2.75) is 39.0 Å². The zero-order chi connectivity index (χ0) is 16.2. The number of rotatable bonds is 2. The lowest BCUT2D eigenvalue weighted by atomic mass is 9.98. The molecule has 0 N–H and O–H groups in total. The number of likely N-dealkylation sites (tertiary alicyclic amines) is 2. The van der Waals surface area contributed by atoms with E-state index in [1.165, 1.54) is 6.42 Å². The molecule has 2 aliphatic rings. The van der Waals surface area contributed by atoms with Gasteiger partial charge in [-0.15, -0.1) is 0 Å². The van der Waals surface area contributed by atoms with Gasteiger partial charge in [0.1, 0.15) is 0 Å². The average molecular weight is 314 g/mol. The van der Waals surface area contributed by atoms with Gasteiger partial charge < -0.3 is 9.80 Å². The quantitative estimate of drug-likeness (QED) is 0.841. The van der Waals surface area contributed by atoms with Crippen LogP contribution in [0.15, 0.2) is 24.3 Å². The van der Waals surface area contributed by atoms with Crippen LogP contribution in [-0.2, 0) is 0 Å². The third-order valence-electron chi connectivity index (χ3n) is 5.09. The van der Waals surface area contributed by atoms with Crippen molar-refractivity contribution in [1.82, 2.24) is 9.80 Å². The molecule has 2 fully saturated rings. The molecule has 124 valence electrons. The number of piperidine rings is 2. The number of benzene rings is 1. The van der Waals surface area contributed by atoms with Crippen molar-refractivity contribution < 1.29 is 9.59 Å². The lowest BCUT2D eigenvalue weighted by molar-refractivity contribution is 0.0692. The molecular formula is C19H26N2O2. The third kappa shape index (κ3) is 3.74. The van der Waals surface area contributed by atoms with Crippen LogP contribution in [0.4, 0.5) is 0 Å². The molecule has 0 saturated carbocycles. The van der Waals surface area contributed by atoms with Gasteiger partial charge in [0.05, 0.1) is 0 Å². The van der Waals surface area contributed by atoms with Gasteiger partial charge in [0.2, 0.25) is 0 Å². The summed E-state index contributed by atoms with van der Waals surface area (Å²) in [5.74, 6) is 0.896. The maximum absolute atomic E-state index is 12.5. The number of hydrogen-bond acceptors (Lipinski definition) is 2. The van der Waals surface area contributed by atoms with Crippen LogP contribution in [0.3, 0.4) is 0 Å². The SMILES string of the molecule is CC1CCN(C(=O)c2ccc(C(=O)N3CCCCC3)cc2)CC1. The summed E-state index contributed by atoms with van der Waals surface area (Å²) in [4.78, 5) is 28.8. The Balaban J connectivity index is 1.64. The first-order valence-corrected chi connectivity index (χ1v) is 8.84. The van der Waals surface area contributed by atoms with E-state index in [0.29, 0.717) is 17.0 Å². The van der Waals surface area contributed by atoms with Gasteiger partial charge in [-0.05, 0) is 62.3 Å². The molecule has 4 nitrogen and oxygen atoms in total. The first kappa shape index (κ1) is 16.0. The summed E-state index contributed by atoms with van der Waals surface area (Å²) in [7, 11) is 0. The van der Waals surface area contributed by atoms with E-state index < -0.39 is 0 Å². The zero-order valence-corrected chi connectivity index (χ0v) is 14.0. The van der Waals surface area contributed by atoms with Crippen LogP contribution in [-0.4, -0.2) is 47.8 Å². The molecule has 0 unspecified atom stereocenters. The summed E-state index contributed by atoms with van der Waals surface area (Å²) in [5.41, 5.74) is 1.38. The predicted molar refractivity (Wildman–Crippen MR) is 90.5 cm³/mol. The number of hydrogen-bond donors (Lipinski definition) is 0. The summed E-state index contributed by atoms with van der Waals surface area (Å²) >= 11 is 0. The fourth-order valence-electron chi connectivity index (χ4n) is 3.43. The Morgan fingerprint density at radius 1 is 0.783 bits per heavy atom. The minimum absolute atomic E-state index is 0.0915. The largest absolute Gasteiger partial charge is 0.339 e. The summed E-state index contributed by atoms with van der Waals surface area (Å²) in [6, 6.07) is 7.21. The fourth-order valence-corrected chi connectivity index (χ4v) is 3.43. The molecule has 0 bridgehead atoms. The third-order valence-corrected chi connectivity index (χ3v) is 5.09.